The minimum absolute atomic E-state index is 0. The number of non-ortho nitro benzene ring substituents is 2. The van der Waals surface area contributed by atoms with Crippen LogP contribution in [0.2, 0.25) is 0 Å². The second-order valence-corrected chi connectivity index (χ2v) is 15.4. The third kappa shape index (κ3) is 26.1. The van der Waals surface area contributed by atoms with Crippen molar-refractivity contribution in [1.29, 1.82) is 0 Å². The normalized spacial score (nSPS) is 9.16. The first kappa shape index (κ1) is 52.5. The van der Waals surface area contributed by atoms with E-state index in [9.17, 15) is 20.2 Å². The minimum atomic E-state index is -0.441. The molecule has 0 heterocycles. The molecule has 0 N–H and O–H groups in total. The van der Waals surface area contributed by atoms with Gasteiger partial charge in [0.2, 0.25) is 0 Å². The van der Waals surface area contributed by atoms with Gasteiger partial charge < -0.3 is 12.8 Å². The third-order valence-electron chi connectivity index (χ3n) is 7.75. The van der Waals surface area contributed by atoms with E-state index in [0.717, 1.165) is 11.1 Å². The van der Waals surface area contributed by atoms with Crippen molar-refractivity contribution in [3.63, 3.8) is 0 Å². The molecule has 4 rings (SSSR count). The van der Waals surface area contributed by atoms with Crippen LogP contribution in [0, 0.1) is 68.6 Å². The van der Waals surface area contributed by atoms with Gasteiger partial charge in [0, 0.05) is 46.5 Å². The maximum atomic E-state index is 10.5. The summed E-state index contributed by atoms with van der Waals surface area (Å²) in [6.45, 7) is 9.07. The Bertz CT molecular complexity index is 1760. The number of hydrogen-bond donors (Lipinski definition) is 0. The summed E-state index contributed by atoms with van der Waals surface area (Å²) in [6.07, 6.45) is 31.1. The van der Waals surface area contributed by atoms with Gasteiger partial charge in [-0.3, -0.25) is 32.1 Å². The minimum Gasteiger partial charge on any atom is -0.366 e. The monoisotopic (exact) mass is 979 g/mol. The number of nitro groups is 2. The van der Waals surface area contributed by atoms with E-state index in [2.05, 4.69) is 63.2 Å². The summed E-state index contributed by atoms with van der Waals surface area (Å²) in [5.74, 6) is 16.3. The molecule has 0 radical (unpaired) electrons. The third-order valence-corrected chi connectivity index (χ3v) is 10.6. The summed E-state index contributed by atoms with van der Waals surface area (Å²) in [7, 11) is 2.49. The molecule has 0 bridgehead atoms. The predicted octanol–water partition coefficient (Wildman–Crippen LogP) is 12.4. The molecule has 0 saturated heterocycles. The summed E-state index contributed by atoms with van der Waals surface area (Å²) in [5, 5.41) is 21.0. The fourth-order valence-electron chi connectivity index (χ4n) is 4.35. The first-order valence-electron chi connectivity index (χ1n) is 19.2. The Morgan fingerprint density at radius 3 is 0.842 bits per heavy atom. The molecule has 0 atom stereocenters. The average Bonchev–Trinajstić information content (AvgIpc) is 3.23. The predicted molar refractivity (Wildman–Crippen MR) is 239 cm³/mol. The van der Waals surface area contributed by atoms with Crippen molar-refractivity contribution in [3.05, 3.63) is 164 Å². The van der Waals surface area contributed by atoms with E-state index in [1.54, 1.807) is 72.8 Å². The largest absolute Gasteiger partial charge is 2.00 e. The van der Waals surface area contributed by atoms with Crippen LogP contribution in [0.4, 0.5) is 11.4 Å². The summed E-state index contributed by atoms with van der Waals surface area (Å²) in [5.41, 5.74) is 4.56. The topological polar surface area (TPSA) is 86.3 Å². The van der Waals surface area contributed by atoms with Crippen molar-refractivity contribution in [2.75, 3.05) is 24.6 Å². The van der Waals surface area contributed by atoms with Gasteiger partial charge in [-0.25, -0.2) is 0 Å². The fourth-order valence-corrected chi connectivity index (χ4v) is 7.27. The standard InChI is InChI=1S/2C16H8NO2.2C8H19P.Pt/c2*1-2-13-3-5-14(6-4-13)7-8-15-9-11-16(12-10-15)17(18)19;2*1-3-5-7-9-8-6-4-2;/h2*3-6,9-12H;2*9H,3-8H2,1-2H3;/q2*-1;;;+2. The molecule has 0 saturated carbocycles. The molecule has 57 heavy (non-hydrogen) atoms. The second-order valence-electron chi connectivity index (χ2n) is 12.4. The van der Waals surface area contributed by atoms with Gasteiger partial charge in [-0.05, 0) is 74.6 Å². The molecule has 300 valence electrons. The molecular formula is C48H54N2O4P2Pt. The number of benzene rings is 4. The summed E-state index contributed by atoms with van der Waals surface area (Å²) in [6, 6.07) is 26.4. The van der Waals surface area contributed by atoms with Crippen molar-refractivity contribution in [3.8, 4) is 35.5 Å². The number of rotatable bonds is 14. The quantitative estimate of drug-likeness (QED) is 0.0315. The molecule has 0 unspecified atom stereocenters. The van der Waals surface area contributed by atoms with Gasteiger partial charge in [-0.15, -0.1) is 52.6 Å². The van der Waals surface area contributed by atoms with Crippen LogP contribution in [0.25, 0.3) is 0 Å². The Morgan fingerprint density at radius 2 is 0.649 bits per heavy atom. The van der Waals surface area contributed by atoms with Crippen molar-refractivity contribution < 1.29 is 30.9 Å². The van der Waals surface area contributed by atoms with Crippen LogP contribution in [0.3, 0.4) is 0 Å². The van der Waals surface area contributed by atoms with E-state index < -0.39 is 9.85 Å². The Kier molecular flexibility index (Phi) is 31.9. The van der Waals surface area contributed by atoms with Gasteiger partial charge in [0.25, 0.3) is 11.4 Å². The van der Waals surface area contributed by atoms with E-state index >= 15 is 0 Å². The van der Waals surface area contributed by atoms with Crippen LogP contribution in [0.1, 0.15) is 112 Å². The molecule has 9 heteroatoms. The van der Waals surface area contributed by atoms with E-state index in [1.807, 2.05) is 0 Å². The van der Waals surface area contributed by atoms with Crippen molar-refractivity contribution in [2.24, 2.45) is 0 Å². The van der Waals surface area contributed by atoms with Crippen LogP contribution in [0.15, 0.2) is 97.1 Å². The van der Waals surface area contributed by atoms with Crippen LogP contribution in [-0.4, -0.2) is 34.5 Å². The van der Waals surface area contributed by atoms with Gasteiger partial charge in [0.15, 0.2) is 0 Å². The zero-order valence-electron chi connectivity index (χ0n) is 33.6. The number of hydrogen-bond acceptors (Lipinski definition) is 4. The molecule has 0 spiro atoms. The van der Waals surface area contributed by atoms with Crippen molar-refractivity contribution in [2.45, 2.75) is 79.1 Å². The van der Waals surface area contributed by atoms with Gasteiger partial charge in [0.1, 0.15) is 0 Å². The van der Waals surface area contributed by atoms with Crippen LogP contribution in [-0.2, 0) is 21.1 Å². The fraction of sp³-hybridized carbons (Fsp3) is 0.333. The van der Waals surface area contributed by atoms with Crippen molar-refractivity contribution >= 4 is 28.5 Å². The summed E-state index contributed by atoms with van der Waals surface area (Å²) < 4.78 is 0. The molecule has 0 aliphatic carbocycles. The number of nitrogens with zero attached hydrogens (tertiary/aromatic N) is 2. The smallest absolute Gasteiger partial charge is 0.366 e. The SMILES string of the molecule is CCCCPCCCC.CCCCPCCCC.[C-]#Cc1ccc(C#Cc2ccc([N+](=O)[O-])cc2)cc1.[C-]#Cc1ccc(C#Cc2ccc([N+](=O)[O-])cc2)cc1.[Pt+2]. The summed E-state index contributed by atoms with van der Waals surface area (Å²) in [4.78, 5) is 20.1. The zero-order valence-corrected chi connectivity index (χ0v) is 37.8. The molecule has 4 aromatic rings. The zero-order chi connectivity index (χ0) is 41.2. The molecule has 0 aromatic heterocycles. The molecule has 0 amide bonds. The van der Waals surface area contributed by atoms with Gasteiger partial charge in [0.05, 0.1) is 9.85 Å². The molecule has 6 nitrogen and oxygen atoms in total. The van der Waals surface area contributed by atoms with Crippen LogP contribution < -0.4 is 0 Å². The maximum Gasteiger partial charge on any atom is 2.00 e. The molecule has 0 aliphatic rings. The molecule has 0 aliphatic heterocycles. The second kappa shape index (κ2) is 34.7. The Balaban J connectivity index is 0.000000776. The van der Waals surface area contributed by atoms with Gasteiger partial charge >= 0.3 is 21.1 Å². The average molecular weight is 980 g/mol. The van der Waals surface area contributed by atoms with Crippen molar-refractivity contribution in [1.82, 2.24) is 0 Å². The summed E-state index contributed by atoms with van der Waals surface area (Å²) >= 11 is 0. The Hall–Kier alpha value is -4.53. The number of nitro benzene ring substituents is 2. The van der Waals surface area contributed by atoms with E-state index in [4.69, 9.17) is 12.8 Å². The van der Waals surface area contributed by atoms with Gasteiger partial charge in [-0.2, -0.15) is 0 Å². The van der Waals surface area contributed by atoms with E-state index in [0.29, 0.717) is 22.3 Å². The molecule has 4 aromatic carbocycles. The van der Waals surface area contributed by atoms with Crippen LogP contribution >= 0.6 is 17.2 Å². The molecular weight excluding hydrogens is 926 g/mol. The van der Waals surface area contributed by atoms with E-state index in [1.165, 1.54) is 117 Å². The first-order chi connectivity index (χ1) is 27.2. The maximum absolute atomic E-state index is 10.5. The Morgan fingerprint density at radius 1 is 0.439 bits per heavy atom. The Labute approximate surface area is 360 Å². The number of unbranched alkanes of at least 4 members (excludes halogenated alkanes) is 4. The first-order valence-corrected chi connectivity index (χ1v) is 22.0. The van der Waals surface area contributed by atoms with Crippen LogP contribution in [0.5, 0.6) is 0 Å². The molecule has 0 fully saturated rings. The van der Waals surface area contributed by atoms with Gasteiger partial charge in [-0.1, -0.05) is 101 Å². The van der Waals surface area contributed by atoms with E-state index in [-0.39, 0.29) is 32.4 Å².